The number of piperidine rings is 1. The van der Waals surface area contributed by atoms with Gasteiger partial charge in [-0.15, -0.1) is 0 Å². The van der Waals surface area contributed by atoms with Gasteiger partial charge in [-0.2, -0.15) is 4.31 Å². The van der Waals surface area contributed by atoms with Crippen LogP contribution in [0.4, 0.5) is 4.79 Å². The van der Waals surface area contributed by atoms with Crippen LogP contribution in [0.5, 0.6) is 5.75 Å². The van der Waals surface area contributed by atoms with Gasteiger partial charge in [-0.05, 0) is 36.3 Å². The van der Waals surface area contributed by atoms with Gasteiger partial charge in [-0.25, -0.2) is 13.2 Å². The van der Waals surface area contributed by atoms with Crippen LogP contribution in [-0.4, -0.2) is 87.8 Å². The second kappa shape index (κ2) is 12.5. The van der Waals surface area contributed by atoms with Gasteiger partial charge in [0.05, 0.1) is 25.0 Å². The predicted molar refractivity (Wildman–Crippen MR) is 141 cm³/mol. The molecule has 2 aliphatic rings. The zero-order chi connectivity index (χ0) is 26.3. The lowest BCUT2D eigenvalue weighted by Crippen LogP contribution is -2.55. The van der Waals surface area contributed by atoms with Gasteiger partial charge in [0, 0.05) is 57.3 Å². The Hall–Kier alpha value is -2.69. The Kier molecular flexibility index (Phi) is 9.69. The lowest BCUT2D eigenvalue weighted by Gasteiger charge is -2.42. The normalized spacial score (nSPS) is 22.0. The molecular formula is C25H35ClN4O5S. The number of likely N-dealkylation sites (tertiary alicyclic amines) is 1. The van der Waals surface area contributed by atoms with Crippen molar-refractivity contribution in [2.75, 3.05) is 59.2 Å². The first-order valence-corrected chi connectivity index (χ1v) is 14.0. The van der Waals surface area contributed by atoms with Gasteiger partial charge in [-0.1, -0.05) is 30.3 Å². The number of sulfonamides is 1. The van der Waals surface area contributed by atoms with E-state index in [1.807, 2.05) is 29.2 Å². The summed E-state index contributed by atoms with van der Waals surface area (Å²) in [7, 11) is -1.63. The smallest absolute Gasteiger partial charge is 0.320 e. The molecule has 2 aliphatic heterocycles. The van der Waals surface area contributed by atoms with Crippen molar-refractivity contribution in [2.45, 2.75) is 12.3 Å². The highest BCUT2D eigenvalue weighted by Gasteiger charge is 2.36. The SMILES string of the molecule is C=C(/C=C\C(Cl)=C/N)OCC1CCN(C(=O)N2CCN(S(C)(=O)=O)CC2)CC1c1ccc(OC)cc1. The van der Waals surface area contributed by atoms with E-state index in [-0.39, 0.29) is 17.9 Å². The molecule has 2 fully saturated rings. The molecule has 198 valence electrons. The fourth-order valence-electron chi connectivity index (χ4n) is 4.50. The molecule has 3 rings (SSSR count). The molecule has 0 aliphatic carbocycles. The molecule has 2 saturated heterocycles. The van der Waals surface area contributed by atoms with Crippen LogP contribution in [0.15, 0.2) is 60.0 Å². The Bertz CT molecular complexity index is 1080. The maximum Gasteiger partial charge on any atom is 0.320 e. The maximum absolute atomic E-state index is 13.3. The number of halogens is 1. The molecule has 0 bridgehead atoms. The van der Waals surface area contributed by atoms with Crippen LogP contribution >= 0.6 is 11.6 Å². The van der Waals surface area contributed by atoms with E-state index in [2.05, 4.69) is 6.58 Å². The topological polar surface area (TPSA) is 105 Å². The van der Waals surface area contributed by atoms with E-state index >= 15 is 0 Å². The number of nitrogens with zero attached hydrogens (tertiary/aromatic N) is 3. The van der Waals surface area contributed by atoms with Crippen molar-refractivity contribution >= 4 is 27.7 Å². The summed E-state index contributed by atoms with van der Waals surface area (Å²) in [5.41, 5.74) is 6.48. The van der Waals surface area contributed by atoms with E-state index in [0.717, 1.165) is 17.7 Å². The molecule has 36 heavy (non-hydrogen) atoms. The minimum Gasteiger partial charge on any atom is -0.497 e. The Labute approximate surface area is 218 Å². The summed E-state index contributed by atoms with van der Waals surface area (Å²) in [6.45, 7) is 6.89. The van der Waals surface area contributed by atoms with Gasteiger partial charge >= 0.3 is 6.03 Å². The Balaban J connectivity index is 1.69. The quantitative estimate of drug-likeness (QED) is 0.403. The number of carbonyl (C=O) groups excluding carboxylic acids is 1. The maximum atomic E-state index is 13.3. The monoisotopic (exact) mass is 538 g/mol. The van der Waals surface area contributed by atoms with Crippen molar-refractivity contribution in [3.05, 3.63) is 65.6 Å². The molecule has 0 spiro atoms. The molecule has 9 nitrogen and oxygen atoms in total. The number of carbonyl (C=O) groups is 1. The number of rotatable bonds is 8. The van der Waals surface area contributed by atoms with Crippen LogP contribution in [0.2, 0.25) is 0 Å². The van der Waals surface area contributed by atoms with Crippen molar-refractivity contribution in [2.24, 2.45) is 11.7 Å². The number of hydrogen-bond acceptors (Lipinski definition) is 6. The van der Waals surface area contributed by atoms with Gasteiger partial charge in [0.2, 0.25) is 10.0 Å². The minimum atomic E-state index is -3.25. The molecule has 2 unspecified atom stereocenters. The number of hydrogen-bond donors (Lipinski definition) is 1. The van der Waals surface area contributed by atoms with Crippen LogP contribution < -0.4 is 10.5 Å². The van der Waals surface area contributed by atoms with Crippen molar-refractivity contribution in [3.8, 4) is 5.75 Å². The van der Waals surface area contributed by atoms with Crippen LogP contribution in [0, 0.1) is 5.92 Å². The third-order valence-electron chi connectivity index (χ3n) is 6.62. The number of methoxy groups -OCH3 is 1. The third-order valence-corrected chi connectivity index (χ3v) is 8.17. The first-order chi connectivity index (χ1) is 17.1. The molecule has 2 amide bonds. The van der Waals surface area contributed by atoms with Gasteiger partial charge in [0.15, 0.2) is 0 Å². The summed E-state index contributed by atoms with van der Waals surface area (Å²) in [6.07, 6.45) is 6.54. The molecule has 2 atom stereocenters. The fourth-order valence-corrected chi connectivity index (χ4v) is 5.39. The molecule has 0 aromatic heterocycles. The first kappa shape index (κ1) is 27.9. The minimum absolute atomic E-state index is 0.0511. The van der Waals surface area contributed by atoms with Gasteiger partial charge in [0.25, 0.3) is 0 Å². The average molecular weight is 539 g/mol. The van der Waals surface area contributed by atoms with E-state index in [1.54, 1.807) is 24.2 Å². The van der Waals surface area contributed by atoms with Gasteiger partial charge in [0.1, 0.15) is 11.5 Å². The van der Waals surface area contributed by atoms with Crippen molar-refractivity contribution in [1.29, 1.82) is 0 Å². The highest BCUT2D eigenvalue weighted by Crippen LogP contribution is 2.34. The number of ether oxygens (including phenoxy) is 2. The summed E-state index contributed by atoms with van der Waals surface area (Å²) in [5.74, 6) is 1.46. The fraction of sp³-hybridized carbons (Fsp3) is 0.480. The van der Waals surface area contributed by atoms with E-state index in [1.165, 1.54) is 16.8 Å². The molecule has 0 radical (unpaired) electrons. The summed E-state index contributed by atoms with van der Waals surface area (Å²) in [4.78, 5) is 16.9. The molecule has 2 heterocycles. The Morgan fingerprint density at radius 3 is 2.39 bits per heavy atom. The lowest BCUT2D eigenvalue weighted by molar-refractivity contribution is 0.0835. The highest BCUT2D eigenvalue weighted by atomic mass is 35.5. The second-order valence-corrected chi connectivity index (χ2v) is 11.4. The van der Waals surface area contributed by atoms with E-state index < -0.39 is 10.0 Å². The van der Waals surface area contributed by atoms with Crippen LogP contribution in [-0.2, 0) is 14.8 Å². The van der Waals surface area contributed by atoms with Crippen molar-refractivity contribution in [3.63, 3.8) is 0 Å². The molecular weight excluding hydrogens is 504 g/mol. The number of nitrogens with two attached hydrogens (primary N) is 1. The molecule has 0 saturated carbocycles. The van der Waals surface area contributed by atoms with Crippen molar-refractivity contribution < 1.29 is 22.7 Å². The zero-order valence-corrected chi connectivity index (χ0v) is 22.4. The lowest BCUT2D eigenvalue weighted by atomic mass is 9.81. The summed E-state index contributed by atoms with van der Waals surface area (Å²) in [6, 6.07) is 7.82. The van der Waals surface area contributed by atoms with Crippen molar-refractivity contribution in [1.82, 2.24) is 14.1 Å². The van der Waals surface area contributed by atoms with E-state index in [4.69, 9.17) is 26.8 Å². The van der Waals surface area contributed by atoms with Crippen LogP contribution in [0.25, 0.3) is 0 Å². The molecule has 11 heteroatoms. The molecule has 1 aromatic rings. The number of benzene rings is 1. The first-order valence-electron chi connectivity index (χ1n) is 11.8. The predicted octanol–water partition coefficient (Wildman–Crippen LogP) is 2.92. The van der Waals surface area contributed by atoms with Gasteiger partial charge < -0.3 is 25.0 Å². The van der Waals surface area contributed by atoms with E-state index in [9.17, 15) is 13.2 Å². The Morgan fingerprint density at radius 2 is 1.81 bits per heavy atom. The number of piperazine rings is 1. The number of amides is 2. The number of urea groups is 1. The number of allylic oxidation sites excluding steroid dienone is 3. The van der Waals surface area contributed by atoms with Crippen LogP contribution in [0.1, 0.15) is 17.9 Å². The molecule has 1 aromatic carbocycles. The summed E-state index contributed by atoms with van der Waals surface area (Å²) < 4.78 is 36.3. The summed E-state index contributed by atoms with van der Waals surface area (Å²) in [5, 5.41) is 0.389. The standard InChI is InChI=1S/C25H35ClN4O5S/c1-19(4-7-22(26)16-27)35-18-21-10-11-29(17-24(21)20-5-8-23(34-2)9-6-20)25(31)28-12-14-30(15-13-28)36(3,32)33/h4-9,16,21,24H,1,10-15,17-18,27H2,2-3H3/b7-4-,22-16+. The average Bonchev–Trinajstić information content (AvgIpc) is 2.89. The van der Waals surface area contributed by atoms with E-state index in [0.29, 0.717) is 56.7 Å². The second-order valence-electron chi connectivity index (χ2n) is 8.97. The van der Waals surface area contributed by atoms with Crippen LogP contribution in [0.3, 0.4) is 0 Å². The zero-order valence-electron chi connectivity index (χ0n) is 20.8. The highest BCUT2D eigenvalue weighted by molar-refractivity contribution is 7.88. The molecule has 2 N–H and O–H groups in total. The summed E-state index contributed by atoms with van der Waals surface area (Å²) >= 11 is 5.89. The third kappa shape index (κ3) is 7.41. The Morgan fingerprint density at radius 1 is 1.14 bits per heavy atom. The largest absolute Gasteiger partial charge is 0.497 e. The van der Waals surface area contributed by atoms with Gasteiger partial charge in [-0.3, -0.25) is 0 Å².